The maximum absolute atomic E-state index is 12.0. The lowest BCUT2D eigenvalue weighted by molar-refractivity contribution is -0.116. The Morgan fingerprint density at radius 2 is 1.64 bits per heavy atom. The standard InChI is InChI=1S/C18H19Cl2NO/c1-12(2)13-6-8-14(9-7-13)21-18(22)11-10-15-16(19)4-3-5-17(15)20/h3-9,12H,10-11H2,1-2H3,(H,21,22). The highest BCUT2D eigenvalue weighted by atomic mass is 35.5. The predicted molar refractivity (Wildman–Crippen MR) is 93.9 cm³/mol. The minimum Gasteiger partial charge on any atom is -0.326 e. The third-order valence-corrected chi connectivity index (χ3v) is 4.23. The summed E-state index contributed by atoms with van der Waals surface area (Å²) >= 11 is 12.2. The largest absolute Gasteiger partial charge is 0.326 e. The van der Waals surface area contributed by atoms with Gasteiger partial charge in [-0.05, 0) is 47.7 Å². The average molecular weight is 336 g/mol. The van der Waals surface area contributed by atoms with Gasteiger partial charge in [-0.3, -0.25) is 4.79 Å². The van der Waals surface area contributed by atoms with Gasteiger partial charge >= 0.3 is 0 Å². The number of benzene rings is 2. The smallest absolute Gasteiger partial charge is 0.224 e. The maximum Gasteiger partial charge on any atom is 0.224 e. The molecule has 0 aliphatic rings. The van der Waals surface area contributed by atoms with E-state index in [1.165, 1.54) is 5.56 Å². The summed E-state index contributed by atoms with van der Waals surface area (Å²) in [6.07, 6.45) is 0.865. The van der Waals surface area contributed by atoms with Crippen LogP contribution in [0.3, 0.4) is 0 Å². The van der Waals surface area contributed by atoms with E-state index in [9.17, 15) is 4.79 Å². The van der Waals surface area contributed by atoms with E-state index in [0.29, 0.717) is 28.8 Å². The molecule has 2 aromatic carbocycles. The van der Waals surface area contributed by atoms with Crippen LogP contribution in [0.1, 0.15) is 37.3 Å². The molecule has 2 aromatic rings. The first-order valence-electron chi connectivity index (χ1n) is 7.30. The van der Waals surface area contributed by atoms with Gasteiger partial charge in [-0.15, -0.1) is 0 Å². The third kappa shape index (κ3) is 4.49. The number of rotatable bonds is 5. The van der Waals surface area contributed by atoms with E-state index in [0.717, 1.165) is 11.3 Å². The Morgan fingerprint density at radius 3 is 2.18 bits per heavy atom. The van der Waals surface area contributed by atoms with E-state index < -0.39 is 0 Å². The zero-order valence-electron chi connectivity index (χ0n) is 12.7. The number of carbonyl (C=O) groups is 1. The van der Waals surface area contributed by atoms with E-state index in [4.69, 9.17) is 23.2 Å². The molecule has 1 amide bonds. The van der Waals surface area contributed by atoms with Crippen molar-refractivity contribution in [1.82, 2.24) is 0 Å². The van der Waals surface area contributed by atoms with Crippen molar-refractivity contribution in [1.29, 1.82) is 0 Å². The summed E-state index contributed by atoms with van der Waals surface area (Å²) in [5.41, 5.74) is 2.87. The van der Waals surface area contributed by atoms with Gasteiger partial charge in [0, 0.05) is 22.2 Å². The minimum atomic E-state index is -0.0479. The molecule has 1 N–H and O–H groups in total. The van der Waals surface area contributed by atoms with Crippen LogP contribution in [0.5, 0.6) is 0 Å². The zero-order valence-corrected chi connectivity index (χ0v) is 14.2. The quantitative estimate of drug-likeness (QED) is 0.747. The number of hydrogen-bond acceptors (Lipinski definition) is 1. The molecule has 0 saturated heterocycles. The topological polar surface area (TPSA) is 29.1 Å². The van der Waals surface area contributed by atoms with Crippen molar-refractivity contribution in [2.75, 3.05) is 5.32 Å². The van der Waals surface area contributed by atoms with Gasteiger partial charge < -0.3 is 5.32 Å². The second kappa shape index (κ2) is 7.66. The van der Waals surface area contributed by atoms with Crippen molar-refractivity contribution in [3.05, 3.63) is 63.6 Å². The molecule has 0 aromatic heterocycles. The molecule has 0 bridgehead atoms. The summed E-state index contributed by atoms with van der Waals surface area (Å²) in [4.78, 5) is 12.0. The van der Waals surface area contributed by atoms with Crippen LogP contribution in [0, 0.1) is 0 Å². The number of amides is 1. The van der Waals surface area contributed by atoms with Crippen LogP contribution in [0.4, 0.5) is 5.69 Å². The second-order valence-corrected chi connectivity index (χ2v) is 6.34. The Hall–Kier alpha value is -1.51. The molecule has 0 atom stereocenters. The third-order valence-electron chi connectivity index (χ3n) is 3.52. The Bertz CT molecular complexity index is 630. The Morgan fingerprint density at radius 1 is 1.05 bits per heavy atom. The van der Waals surface area contributed by atoms with Crippen molar-refractivity contribution in [2.24, 2.45) is 0 Å². The fraction of sp³-hybridized carbons (Fsp3) is 0.278. The molecule has 2 nitrogen and oxygen atoms in total. The van der Waals surface area contributed by atoms with E-state index in [-0.39, 0.29) is 5.91 Å². The van der Waals surface area contributed by atoms with Crippen LogP contribution in [-0.2, 0) is 11.2 Å². The summed E-state index contributed by atoms with van der Waals surface area (Å²) in [5, 5.41) is 4.09. The molecule has 0 heterocycles. The highest BCUT2D eigenvalue weighted by molar-refractivity contribution is 6.36. The highest BCUT2D eigenvalue weighted by Gasteiger charge is 2.09. The molecule has 0 saturated carbocycles. The van der Waals surface area contributed by atoms with Crippen molar-refractivity contribution in [3.63, 3.8) is 0 Å². The molecule has 0 aliphatic heterocycles. The maximum atomic E-state index is 12.0. The zero-order chi connectivity index (χ0) is 16.1. The van der Waals surface area contributed by atoms with E-state index in [1.807, 2.05) is 24.3 Å². The summed E-state index contributed by atoms with van der Waals surface area (Å²) in [6, 6.07) is 13.3. The van der Waals surface area contributed by atoms with Gasteiger partial charge in [0.25, 0.3) is 0 Å². The number of halogens is 2. The molecule has 0 aliphatic carbocycles. The molecule has 116 valence electrons. The van der Waals surface area contributed by atoms with Crippen LogP contribution in [0.15, 0.2) is 42.5 Å². The first-order chi connectivity index (χ1) is 10.5. The lowest BCUT2D eigenvalue weighted by Crippen LogP contribution is -2.12. The summed E-state index contributed by atoms with van der Waals surface area (Å²) in [5.74, 6) is 0.431. The van der Waals surface area contributed by atoms with Crippen molar-refractivity contribution in [3.8, 4) is 0 Å². The fourth-order valence-electron chi connectivity index (χ4n) is 2.18. The van der Waals surface area contributed by atoms with Crippen molar-refractivity contribution < 1.29 is 4.79 Å². The van der Waals surface area contributed by atoms with Crippen molar-refractivity contribution in [2.45, 2.75) is 32.6 Å². The van der Waals surface area contributed by atoms with Gasteiger partial charge in [-0.2, -0.15) is 0 Å². The van der Waals surface area contributed by atoms with Crippen molar-refractivity contribution >= 4 is 34.8 Å². The van der Waals surface area contributed by atoms with E-state index in [2.05, 4.69) is 19.2 Å². The summed E-state index contributed by atoms with van der Waals surface area (Å²) in [7, 11) is 0. The number of nitrogens with one attached hydrogen (secondary N) is 1. The van der Waals surface area contributed by atoms with E-state index >= 15 is 0 Å². The Labute approximate surface area is 141 Å². The lowest BCUT2D eigenvalue weighted by atomic mass is 10.0. The van der Waals surface area contributed by atoms with Gasteiger partial charge in [0.05, 0.1) is 0 Å². The normalized spacial score (nSPS) is 10.8. The van der Waals surface area contributed by atoms with Crippen LogP contribution in [-0.4, -0.2) is 5.91 Å². The minimum absolute atomic E-state index is 0.0479. The molecule has 0 radical (unpaired) electrons. The second-order valence-electron chi connectivity index (χ2n) is 5.53. The lowest BCUT2D eigenvalue weighted by Gasteiger charge is -2.09. The Balaban J connectivity index is 1.93. The number of anilines is 1. The SMILES string of the molecule is CC(C)c1ccc(NC(=O)CCc2c(Cl)cccc2Cl)cc1. The molecular weight excluding hydrogens is 317 g/mol. The van der Waals surface area contributed by atoms with Gasteiger partial charge in [-0.25, -0.2) is 0 Å². The molecule has 0 fully saturated rings. The van der Waals surface area contributed by atoms with Crippen LogP contribution >= 0.6 is 23.2 Å². The van der Waals surface area contributed by atoms with Gasteiger partial charge in [0.15, 0.2) is 0 Å². The molecule has 0 spiro atoms. The monoisotopic (exact) mass is 335 g/mol. The summed E-state index contributed by atoms with van der Waals surface area (Å²) < 4.78 is 0. The van der Waals surface area contributed by atoms with Gasteiger partial charge in [0.2, 0.25) is 5.91 Å². The van der Waals surface area contributed by atoms with Crippen LogP contribution in [0.2, 0.25) is 10.0 Å². The molecule has 4 heteroatoms. The highest BCUT2D eigenvalue weighted by Crippen LogP contribution is 2.25. The first kappa shape index (κ1) is 16.9. The Kier molecular flexibility index (Phi) is 5.87. The first-order valence-corrected chi connectivity index (χ1v) is 8.05. The fourth-order valence-corrected chi connectivity index (χ4v) is 2.77. The number of carbonyl (C=O) groups excluding carboxylic acids is 1. The molecule has 22 heavy (non-hydrogen) atoms. The van der Waals surface area contributed by atoms with Gasteiger partial charge in [-0.1, -0.05) is 55.2 Å². The van der Waals surface area contributed by atoms with Gasteiger partial charge in [0.1, 0.15) is 0 Å². The summed E-state index contributed by atoms with van der Waals surface area (Å²) in [6.45, 7) is 4.28. The van der Waals surface area contributed by atoms with E-state index in [1.54, 1.807) is 18.2 Å². The molecule has 2 rings (SSSR count). The average Bonchev–Trinajstić information content (AvgIpc) is 2.47. The molecular formula is C18H19Cl2NO. The molecule has 0 unspecified atom stereocenters. The predicted octanol–water partition coefficient (Wildman–Crippen LogP) is 5.69. The van der Waals surface area contributed by atoms with Crippen LogP contribution in [0.25, 0.3) is 0 Å². The number of hydrogen-bond donors (Lipinski definition) is 1. The van der Waals surface area contributed by atoms with Crippen LogP contribution < -0.4 is 5.32 Å².